The number of sulfonamides is 1. The Kier molecular flexibility index (Phi) is 3.07. The summed E-state index contributed by atoms with van der Waals surface area (Å²) in [4.78, 5) is 12.3. The number of carbonyl (C=O) groups is 1. The van der Waals surface area contributed by atoms with E-state index in [0.29, 0.717) is 26.2 Å². The number of carboxylic acid groups (broad SMARTS) is 1. The van der Waals surface area contributed by atoms with Crippen LogP contribution >= 0.6 is 0 Å². The highest BCUT2D eigenvalue weighted by atomic mass is 32.2. The summed E-state index contributed by atoms with van der Waals surface area (Å²) >= 11 is 0. The first-order valence-electron chi connectivity index (χ1n) is 5.75. The average Bonchev–Trinajstić information content (AvgIpc) is 2.62. The fourth-order valence-electron chi connectivity index (χ4n) is 2.80. The predicted molar refractivity (Wildman–Crippen MR) is 62.3 cm³/mol. The summed E-state index contributed by atoms with van der Waals surface area (Å²) in [5.74, 6) is 0. The number of amides is 1. The molecule has 2 aliphatic heterocycles. The maximum atomic E-state index is 11.4. The topological polar surface area (TPSA) is 77.9 Å². The van der Waals surface area contributed by atoms with Gasteiger partial charge in [-0.05, 0) is 24.7 Å². The van der Waals surface area contributed by atoms with Crippen molar-refractivity contribution in [2.75, 3.05) is 32.4 Å². The molecule has 0 aromatic rings. The van der Waals surface area contributed by atoms with E-state index in [1.807, 2.05) is 0 Å². The van der Waals surface area contributed by atoms with Crippen molar-refractivity contribution in [1.82, 2.24) is 9.21 Å². The molecule has 0 saturated carbocycles. The lowest BCUT2D eigenvalue weighted by Crippen LogP contribution is -2.44. The summed E-state index contributed by atoms with van der Waals surface area (Å²) < 4.78 is 24.3. The zero-order valence-electron chi connectivity index (χ0n) is 9.92. The van der Waals surface area contributed by atoms with Gasteiger partial charge in [0.2, 0.25) is 10.0 Å². The third-order valence-corrected chi connectivity index (χ3v) is 5.26. The summed E-state index contributed by atoms with van der Waals surface area (Å²) in [7, 11) is -3.10. The van der Waals surface area contributed by atoms with Crippen molar-refractivity contribution in [1.29, 1.82) is 0 Å². The molecule has 0 bridgehead atoms. The van der Waals surface area contributed by atoms with Crippen LogP contribution in [0.3, 0.4) is 0 Å². The summed E-state index contributed by atoms with van der Waals surface area (Å²) in [6, 6.07) is 0. The molecule has 1 spiro atoms. The van der Waals surface area contributed by atoms with Crippen LogP contribution < -0.4 is 0 Å². The molecule has 1 amide bonds. The van der Waals surface area contributed by atoms with E-state index < -0.39 is 16.1 Å². The van der Waals surface area contributed by atoms with Gasteiger partial charge in [-0.1, -0.05) is 0 Å². The summed E-state index contributed by atoms with van der Waals surface area (Å²) in [6.45, 7) is 2.17. The lowest BCUT2D eigenvalue weighted by molar-refractivity contribution is 0.131. The molecular formula is C10H18N2O4S. The fourth-order valence-corrected chi connectivity index (χ4v) is 3.64. The Morgan fingerprint density at radius 2 is 1.71 bits per heavy atom. The Balaban J connectivity index is 1.98. The molecular weight excluding hydrogens is 244 g/mol. The molecule has 0 radical (unpaired) electrons. The van der Waals surface area contributed by atoms with E-state index in [1.54, 1.807) is 0 Å². The van der Waals surface area contributed by atoms with Crippen LogP contribution in [0.2, 0.25) is 0 Å². The summed E-state index contributed by atoms with van der Waals surface area (Å²) in [5.41, 5.74) is 0.0135. The Morgan fingerprint density at radius 1 is 1.18 bits per heavy atom. The number of nitrogens with zero attached hydrogens (tertiary/aromatic N) is 2. The quantitative estimate of drug-likeness (QED) is 0.742. The van der Waals surface area contributed by atoms with E-state index in [2.05, 4.69) is 0 Å². The van der Waals surface area contributed by atoms with E-state index in [1.165, 1.54) is 15.5 Å². The summed E-state index contributed by atoms with van der Waals surface area (Å²) in [5, 5.41) is 8.93. The first kappa shape index (κ1) is 12.6. The van der Waals surface area contributed by atoms with Gasteiger partial charge >= 0.3 is 6.09 Å². The molecule has 7 heteroatoms. The largest absolute Gasteiger partial charge is 0.465 e. The second kappa shape index (κ2) is 4.13. The Morgan fingerprint density at radius 3 is 2.12 bits per heavy atom. The van der Waals surface area contributed by atoms with Crippen molar-refractivity contribution < 1.29 is 18.3 Å². The monoisotopic (exact) mass is 262 g/mol. The third kappa shape index (κ3) is 2.55. The molecule has 6 nitrogen and oxygen atoms in total. The first-order valence-corrected chi connectivity index (χ1v) is 7.60. The van der Waals surface area contributed by atoms with Crippen LogP contribution in [-0.2, 0) is 10.0 Å². The number of hydrogen-bond acceptors (Lipinski definition) is 3. The molecule has 2 aliphatic rings. The Labute approximate surface area is 101 Å². The molecule has 2 fully saturated rings. The Bertz CT molecular complexity index is 412. The van der Waals surface area contributed by atoms with Crippen LogP contribution in [0, 0.1) is 5.41 Å². The maximum absolute atomic E-state index is 11.4. The van der Waals surface area contributed by atoms with Crippen LogP contribution in [0.1, 0.15) is 19.3 Å². The predicted octanol–water partition coefficient (Wildman–Crippen LogP) is 0.412. The van der Waals surface area contributed by atoms with E-state index in [0.717, 1.165) is 19.3 Å². The molecule has 0 aromatic carbocycles. The molecule has 0 aromatic heterocycles. The first-order chi connectivity index (χ1) is 7.82. The van der Waals surface area contributed by atoms with Gasteiger partial charge in [-0.15, -0.1) is 0 Å². The second-order valence-corrected chi connectivity index (χ2v) is 7.10. The lowest BCUT2D eigenvalue weighted by Gasteiger charge is -2.37. The van der Waals surface area contributed by atoms with Crippen molar-refractivity contribution in [3.05, 3.63) is 0 Å². The molecule has 2 heterocycles. The normalized spacial score (nSPS) is 25.4. The van der Waals surface area contributed by atoms with E-state index in [4.69, 9.17) is 5.11 Å². The van der Waals surface area contributed by atoms with Gasteiger partial charge in [0.05, 0.1) is 6.26 Å². The smallest absolute Gasteiger partial charge is 0.407 e. The van der Waals surface area contributed by atoms with Gasteiger partial charge in [0, 0.05) is 26.2 Å². The molecule has 17 heavy (non-hydrogen) atoms. The Hall–Kier alpha value is -0.820. The minimum atomic E-state index is -3.10. The zero-order chi connectivity index (χ0) is 12.7. The van der Waals surface area contributed by atoms with E-state index in [-0.39, 0.29) is 5.41 Å². The SMILES string of the molecule is CS(=O)(=O)N1CCC2(CCN(C(=O)O)C2)CC1. The maximum Gasteiger partial charge on any atom is 0.407 e. The van der Waals surface area contributed by atoms with E-state index >= 15 is 0 Å². The minimum absolute atomic E-state index is 0.0135. The second-order valence-electron chi connectivity index (χ2n) is 5.12. The molecule has 2 saturated heterocycles. The van der Waals surface area contributed by atoms with Crippen LogP contribution in [-0.4, -0.2) is 61.3 Å². The highest BCUT2D eigenvalue weighted by Crippen LogP contribution is 2.40. The molecule has 0 unspecified atom stereocenters. The van der Waals surface area contributed by atoms with Gasteiger partial charge in [-0.3, -0.25) is 0 Å². The van der Waals surface area contributed by atoms with Crippen molar-refractivity contribution in [3.8, 4) is 0 Å². The van der Waals surface area contributed by atoms with Crippen LogP contribution in [0.5, 0.6) is 0 Å². The van der Waals surface area contributed by atoms with Gasteiger partial charge < -0.3 is 10.0 Å². The summed E-state index contributed by atoms with van der Waals surface area (Å²) in [6.07, 6.45) is 2.75. The number of rotatable bonds is 1. The van der Waals surface area contributed by atoms with Gasteiger partial charge in [-0.2, -0.15) is 0 Å². The van der Waals surface area contributed by atoms with Crippen molar-refractivity contribution in [3.63, 3.8) is 0 Å². The minimum Gasteiger partial charge on any atom is -0.465 e. The fraction of sp³-hybridized carbons (Fsp3) is 0.900. The van der Waals surface area contributed by atoms with Crippen molar-refractivity contribution in [2.45, 2.75) is 19.3 Å². The molecule has 0 atom stereocenters. The molecule has 2 rings (SSSR count). The molecule has 0 aliphatic carbocycles. The van der Waals surface area contributed by atoms with Crippen molar-refractivity contribution in [2.24, 2.45) is 5.41 Å². The van der Waals surface area contributed by atoms with Crippen LogP contribution in [0.15, 0.2) is 0 Å². The average molecular weight is 262 g/mol. The van der Waals surface area contributed by atoms with Crippen LogP contribution in [0.25, 0.3) is 0 Å². The zero-order valence-corrected chi connectivity index (χ0v) is 10.7. The van der Waals surface area contributed by atoms with Gasteiger partial charge in [0.15, 0.2) is 0 Å². The van der Waals surface area contributed by atoms with Crippen molar-refractivity contribution >= 4 is 16.1 Å². The van der Waals surface area contributed by atoms with Crippen LogP contribution in [0.4, 0.5) is 4.79 Å². The van der Waals surface area contributed by atoms with Gasteiger partial charge in [0.25, 0.3) is 0 Å². The third-order valence-electron chi connectivity index (χ3n) is 3.96. The number of likely N-dealkylation sites (tertiary alicyclic amines) is 1. The molecule has 1 N–H and O–H groups in total. The van der Waals surface area contributed by atoms with Gasteiger partial charge in [0.1, 0.15) is 0 Å². The number of hydrogen-bond donors (Lipinski definition) is 1. The lowest BCUT2D eigenvalue weighted by atomic mass is 9.78. The standard InChI is InChI=1S/C10H18N2O4S/c1-17(15,16)12-6-3-10(4-7-12)2-5-11(8-10)9(13)14/h2-8H2,1H3,(H,13,14). The number of piperidine rings is 1. The highest BCUT2D eigenvalue weighted by molar-refractivity contribution is 7.88. The molecule has 98 valence electrons. The van der Waals surface area contributed by atoms with Gasteiger partial charge in [-0.25, -0.2) is 17.5 Å². The van der Waals surface area contributed by atoms with E-state index in [9.17, 15) is 13.2 Å². The highest BCUT2D eigenvalue weighted by Gasteiger charge is 2.43.